The minimum atomic E-state index is 0.0517. The van der Waals surface area contributed by atoms with Crippen LogP contribution in [0.3, 0.4) is 0 Å². The Labute approximate surface area is 131 Å². The van der Waals surface area contributed by atoms with Crippen LogP contribution in [0.5, 0.6) is 0 Å². The lowest BCUT2D eigenvalue weighted by Crippen LogP contribution is -2.39. The zero-order chi connectivity index (χ0) is 14.7. The van der Waals surface area contributed by atoms with Gasteiger partial charge < -0.3 is 10.6 Å². The Kier molecular flexibility index (Phi) is 5.47. The van der Waals surface area contributed by atoms with Crippen LogP contribution < -0.4 is 10.6 Å². The fourth-order valence-corrected chi connectivity index (χ4v) is 3.55. The van der Waals surface area contributed by atoms with Gasteiger partial charge in [-0.15, -0.1) is 0 Å². The summed E-state index contributed by atoms with van der Waals surface area (Å²) in [5, 5.41) is 0. The maximum Gasteiger partial charge on any atom is 0.0413 e. The van der Waals surface area contributed by atoms with Crippen molar-refractivity contribution in [1.29, 1.82) is 0 Å². The Morgan fingerprint density at radius 3 is 2.90 bits per heavy atom. The molecule has 1 aliphatic rings. The van der Waals surface area contributed by atoms with Crippen molar-refractivity contribution in [3.05, 3.63) is 28.2 Å². The third-order valence-corrected chi connectivity index (χ3v) is 4.77. The first-order valence-electron chi connectivity index (χ1n) is 7.53. The molecule has 2 rings (SSSR count). The number of benzene rings is 1. The Hall–Kier alpha value is -0.580. The van der Waals surface area contributed by atoms with E-state index in [2.05, 4.69) is 57.9 Å². The number of anilines is 1. The number of likely N-dealkylation sites (N-methyl/N-ethyl adjacent to an activating group) is 2. The summed E-state index contributed by atoms with van der Waals surface area (Å²) >= 11 is 3.54. The molecule has 0 aliphatic carbocycles. The molecule has 0 bridgehead atoms. The fraction of sp³-hybridized carbons (Fsp3) is 0.625. The van der Waals surface area contributed by atoms with E-state index >= 15 is 0 Å². The van der Waals surface area contributed by atoms with Crippen molar-refractivity contribution in [2.45, 2.75) is 38.8 Å². The molecule has 2 atom stereocenters. The summed E-state index contributed by atoms with van der Waals surface area (Å²) in [5.41, 5.74) is 8.59. The molecule has 0 saturated carbocycles. The van der Waals surface area contributed by atoms with Crippen molar-refractivity contribution in [3.63, 3.8) is 0 Å². The predicted molar refractivity (Wildman–Crippen MR) is 90.3 cm³/mol. The third-order valence-electron chi connectivity index (χ3n) is 4.28. The highest BCUT2D eigenvalue weighted by atomic mass is 79.9. The second-order valence-electron chi connectivity index (χ2n) is 5.80. The van der Waals surface area contributed by atoms with Crippen LogP contribution in [0.4, 0.5) is 5.69 Å². The highest BCUT2D eigenvalue weighted by Gasteiger charge is 2.25. The maximum atomic E-state index is 6.12. The first kappa shape index (κ1) is 15.8. The van der Waals surface area contributed by atoms with Crippen molar-refractivity contribution in [1.82, 2.24) is 4.90 Å². The summed E-state index contributed by atoms with van der Waals surface area (Å²) < 4.78 is 1.10. The van der Waals surface area contributed by atoms with Crippen LogP contribution in [-0.4, -0.2) is 37.6 Å². The molecule has 1 heterocycles. The minimum absolute atomic E-state index is 0.0517. The van der Waals surface area contributed by atoms with E-state index in [9.17, 15) is 0 Å². The lowest BCUT2D eigenvalue weighted by Gasteiger charge is -2.31. The van der Waals surface area contributed by atoms with Crippen molar-refractivity contribution < 1.29 is 0 Å². The summed E-state index contributed by atoms with van der Waals surface area (Å²) in [5.74, 6) is 0. The van der Waals surface area contributed by atoms with E-state index in [4.69, 9.17) is 5.73 Å². The van der Waals surface area contributed by atoms with Gasteiger partial charge in [0, 0.05) is 35.8 Å². The van der Waals surface area contributed by atoms with E-state index in [1.54, 1.807) is 0 Å². The normalized spacial score (nSPS) is 21.1. The lowest BCUT2D eigenvalue weighted by molar-refractivity contribution is 0.270. The minimum Gasteiger partial charge on any atom is -0.373 e. The molecule has 0 spiro atoms. The number of likely N-dealkylation sites (tertiary alicyclic amines) is 1. The van der Waals surface area contributed by atoms with Gasteiger partial charge >= 0.3 is 0 Å². The Morgan fingerprint density at radius 2 is 2.25 bits per heavy atom. The Morgan fingerprint density at radius 1 is 1.50 bits per heavy atom. The molecular weight excluding hydrogens is 314 g/mol. The largest absolute Gasteiger partial charge is 0.373 e. The molecule has 112 valence electrons. The molecule has 1 aromatic rings. The SMILES string of the molecule is CCN1CCCC1CN(C)c1ccc(Br)cc1C(C)N. The molecule has 1 aliphatic heterocycles. The van der Waals surface area contributed by atoms with Gasteiger partial charge in [0.25, 0.3) is 0 Å². The van der Waals surface area contributed by atoms with Gasteiger partial charge in [0.2, 0.25) is 0 Å². The monoisotopic (exact) mass is 339 g/mol. The molecule has 20 heavy (non-hydrogen) atoms. The van der Waals surface area contributed by atoms with Crippen LogP contribution >= 0.6 is 15.9 Å². The number of nitrogens with zero attached hydrogens (tertiary/aromatic N) is 2. The van der Waals surface area contributed by atoms with Gasteiger partial charge in [-0.2, -0.15) is 0 Å². The molecule has 3 nitrogen and oxygen atoms in total. The molecule has 0 amide bonds. The molecule has 1 fully saturated rings. The van der Waals surface area contributed by atoms with Gasteiger partial charge in [0.05, 0.1) is 0 Å². The van der Waals surface area contributed by atoms with Crippen LogP contribution in [0, 0.1) is 0 Å². The van der Waals surface area contributed by atoms with E-state index in [1.165, 1.54) is 30.6 Å². The predicted octanol–water partition coefficient (Wildman–Crippen LogP) is 3.39. The quantitative estimate of drug-likeness (QED) is 0.892. The third kappa shape index (κ3) is 3.54. The summed E-state index contributed by atoms with van der Waals surface area (Å²) in [6, 6.07) is 7.14. The molecule has 1 saturated heterocycles. The summed E-state index contributed by atoms with van der Waals surface area (Å²) in [7, 11) is 2.18. The van der Waals surface area contributed by atoms with Crippen molar-refractivity contribution in [2.75, 3.05) is 31.6 Å². The topological polar surface area (TPSA) is 32.5 Å². The van der Waals surface area contributed by atoms with E-state index in [0.29, 0.717) is 6.04 Å². The fourth-order valence-electron chi connectivity index (χ4n) is 3.17. The van der Waals surface area contributed by atoms with Gasteiger partial charge in [-0.05, 0) is 56.6 Å². The summed E-state index contributed by atoms with van der Waals surface area (Å²) in [6.07, 6.45) is 2.63. The molecule has 0 aromatic heterocycles. The van der Waals surface area contributed by atoms with Crippen LogP contribution in [0.1, 0.15) is 38.3 Å². The zero-order valence-electron chi connectivity index (χ0n) is 12.8. The summed E-state index contributed by atoms with van der Waals surface area (Å²) in [6.45, 7) is 7.78. The smallest absolute Gasteiger partial charge is 0.0413 e. The number of rotatable bonds is 5. The highest BCUT2D eigenvalue weighted by molar-refractivity contribution is 9.10. The molecule has 1 aromatic carbocycles. The van der Waals surface area contributed by atoms with E-state index in [-0.39, 0.29) is 6.04 Å². The van der Waals surface area contributed by atoms with Crippen LogP contribution in [0.25, 0.3) is 0 Å². The first-order chi connectivity index (χ1) is 9.52. The number of nitrogens with two attached hydrogens (primary N) is 1. The second kappa shape index (κ2) is 6.92. The van der Waals surface area contributed by atoms with Gasteiger partial charge in [-0.1, -0.05) is 22.9 Å². The molecule has 2 unspecified atom stereocenters. The average molecular weight is 340 g/mol. The molecule has 0 radical (unpaired) electrons. The van der Waals surface area contributed by atoms with Crippen LogP contribution in [-0.2, 0) is 0 Å². The highest BCUT2D eigenvalue weighted by Crippen LogP contribution is 2.29. The van der Waals surface area contributed by atoms with Gasteiger partial charge in [0.1, 0.15) is 0 Å². The molecule has 2 N–H and O–H groups in total. The lowest BCUT2D eigenvalue weighted by atomic mass is 10.1. The van der Waals surface area contributed by atoms with E-state index in [1.807, 2.05) is 6.92 Å². The first-order valence-corrected chi connectivity index (χ1v) is 8.32. The van der Waals surface area contributed by atoms with Crippen molar-refractivity contribution in [2.24, 2.45) is 5.73 Å². The summed E-state index contributed by atoms with van der Waals surface area (Å²) in [4.78, 5) is 4.95. The molecular formula is C16H26BrN3. The number of hydrogen-bond acceptors (Lipinski definition) is 3. The number of halogens is 1. The van der Waals surface area contributed by atoms with E-state index < -0.39 is 0 Å². The van der Waals surface area contributed by atoms with Gasteiger partial charge in [0.15, 0.2) is 0 Å². The van der Waals surface area contributed by atoms with Crippen LogP contribution in [0.2, 0.25) is 0 Å². The van der Waals surface area contributed by atoms with Gasteiger partial charge in [-0.25, -0.2) is 0 Å². The average Bonchev–Trinajstić information content (AvgIpc) is 2.85. The maximum absolute atomic E-state index is 6.12. The second-order valence-corrected chi connectivity index (χ2v) is 6.71. The van der Waals surface area contributed by atoms with Gasteiger partial charge in [-0.3, -0.25) is 4.90 Å². The zero-order valence-corrected chi connectivity index (χ0v) is 14.4. The van der Waals surface area contributed by atoms with Crippen molar-refractivity contribution >= 4 is 21.6 Å². The number of hydrogen-bond donors (Lipinski definition) is 1. The standard InChI is InChI=1S/C16H26BrN3/c1-4-20-9-5-6-14(20)11-19(3)16-8-7-13(17)10-15(16)12(2)18/h7-8,10,12,14H,4-6,9,11,18H2,1-3H3. The Balaban J connectivity index is 2.14. The van der Waals surface area contributed by atoms with Crippen molar-refractivity contribution in [3.8, 4) is 0 Å². The van der Waals surface area contributed by atoms with Crippen LogP contribution in [0.15, 0.2) is 22.7 Å². The van der Waals surface area contributed by atoms with E-state index in [0.717, 1.165) is 17.6 Å². The molecule has 4 heteroatoms. The Bertz CT molecular complexity index is 447.